The van der Waals surface area contributed by atoms with E-state index in [0.29, 0.717) is 12.1 Å². The number of nitrogens with zero attached hydrogens (tertiary/aromatic N) is 1. The highest BCUT2D eigenvalue weighted by Crippen LogP contribution is 2.33. The number of carbonyl (C=O) groups excluding carboxylic acids is 1. The van der Waals surface area contributed by atoms with Crippen molar-refractivity contribution in [1.29, 1.82) is 0 Å². The Labute approximate surface area is 111 Å². The fraction of sp³-hybridized carbons (Fsp3) is 0.273. The van der Waals surface area contributed by atoms with Crippen molar-refractivity contribution < 1.29 is 33.5 Å². The Morgan fingerprint density at radius 2 is 2.05 bits per heavy atom. The number of aliphatic carboxylic acids is 1. The standard InChI is InChI=1S/C11H10FNO7/c1-5(10(14)15)20-9-7(11(16)19-2)3-6(12)4-8(9)13(17)18/h3-5H,1-2H3,(H,14,15). The smallest absolute Gasteiger partial charge is 0.344 e. The molecular formula is C11H10FNO7. The second kappa shape index (κ2) is 5.95. The van der Waals surface area contributed by atoms with Crippen molar-refractivity contribution in [3.05, 3.63) is 33.6 Å². The summed E-state index contributed by atoms with van der Waals surface area (Å²) < 4.78 is 22.5. The van der Waals surface area contributed by atoms with Crippen molar-refractivity contribution in [3.8, 4) is 5.75 Å². The van der Waals surface area contributed by atoms with Crippen molar-refractivity contribution in [2.24, 2.45) is 0 Å². The van der Waals surface area contributed by atoms with Crippen LogP contribution in [-0.2, 0) is 9.53 Å². The third kappa shape index (κ3) is 3.19. The van der Waals surface area contributed by atoms with Gasteiger partial charge in [0.15, 0.2) is 6.10 Å². The van der Waals surface area contributed by atoms with Crippen molar-refractivity contribution >= 4 is 17.6 Å². The van der Waals surface area contributed by atoms with E-state index in [1.54, 1.807) is 0 Å². The molecule has 0 aliphatic carbocycles. The lowest BCUT2D eigenvalue weighted by atomic mass is 10.1. The first-order valence-electron chi connectivity index (χ1n) is 5.23. The number of methoxy groups -OCH3 is 1. The molecule has 0 aliphatic rings. The molecule has 9 heteroatoms. The van der Waals surface area contributed by atoms with Gasteiger partial charge in [0, 0.05) is 0 Å². The van der Waals surface area contributed by atoms with Gasteiger partial charge >= 0.3 is 17.6 Å². The molecule has 1 atom stereocenters. The molecule has 8 nitrogen and oxygen atoms in total. The number of rotatable bonds is 5. The largest absolute Gasteiger partial charge is 0.479 e. The molecule has 0 bridgehead atoms. The van der Waals surface area contributed by atoms with Crippen LogP contribution in [0.15, 0.2) is 12.1 Å². The van der Waals surface area contributed by atoms with Crippen LogP contribution in [-0.4, -0.2) is 35.2 Å². The number of hydrogen-bond donors (Lipinski definition) is 1. The van der Waals surface area contributed by atoms with Gasteiger partial charge in [-0.05, 0) is 13.0 Å². The van der Waals surface area contributed by atoms with Crippen molar-refractivity contribution in [1.82, 2.24) is 0 Å². The molecule has 0 saturated heterocycles. The van der Waals surface area contributed by atoms with E-state index >= 15 is 0 Å². The Bertz CT molecular complexity index is 572. The number of halogens is 1. The van der Waals surface area contributed by atoms with Gasteiger partial charge in [0.25, 0.3) is 0 Å². The van der Waals surface area contributed by atoms with Gasteiger partial charge < -0.3 is 14.6 Å². The second-order valence-electron chi connectivity index (χ2n) is 3.65. The molecule has 0 amide bonds. The summed E-state index contributed by atoms with van der Waals surface area (Å²) in [5.74, 6) is -4.19. The summed E-state index contributed by atoms with van der Waals surface area (Å²) in [6, 6.07) is 1.19. The first-order chi connectivity index (χ1) is 9.27. The van der Waals surface area contributed by atoms with Gasteiger partial charge in [-0.25, -0.2) is 14.0 Å². The molecule has 0 spiro atoms. The van der Waals surface area contributed by atoms with E-state index < -0.39 is 45.8 Å². The lowest BCUT2D eigenvalue weighted by molar-refractivity contribution is -0.386. The third-order valence-electron chi connectivity index (χ3n) is 2.28. The fourth-order valence-corrected chi connectivity index (χ4v) is 1.33. The Morgan fingerprint density at radius 1 is 1.45 bits per heavy atom. The number of nitro groups is 1. The summed E-state index contributed by atoms with van der Waals surface area (Å²) in [5, 5.41) is 19.6. The van der Waals surface area contributed by atoms with Crippen LogP contribution in [0.1, 0.15) is 17.3 Å². The van der Waals surface area contributed by atoms with Crippen LogP contribution >= 0.6 is 0 Å². The Hall–Kier alpha value is -2.71. The molecule has 1 aromatic rings. The van der Waals surface area contributed by atoms with E-state index in [0.717, 1.165) is 14.0 Å². The van der Waals surface area contributed by atoms with E-state index in [1.807, 2.05) is 0 Å². The molecule has 20 heavy (non-hydrogen) atoms. The highest BCUT2D eigenvalue weighted by atomic mass is 19.1. The van der Waals surface area contributed by atoms with E-state index in [4.69, 9.17) is 9.84 Å². The van der Waals surface area contributed by atoms with Crippen LogP contribution < -0.4 is 4.74 Å². The number of esters is 1. The average molecular weight is 287 g/mol. The van der Waals surface area contributed by atoms with E-state index in [1.165, 1.54) is 0 Å². The minimum Gasteiger partial charge on any atom is -0.479 e. The summed E-state index contributed by atoms with van der Waals surface area (Å²) in [6.07, 6.45) is -1.47. The number of carbonyl (C=O) groups is 2. The minimum atomic E-state index is -1.47. The summed E-state index contributed by atoms with van der Waals surface area (Å²) >= 11 is 0. The molecule has 0 fully saturated rings. The molecule has 1 N–H and O–H groups in total. The highest BCUT2D eigenvalue weighted by Gasteiger charge is 2.29. The Kier molecular flexibility index (Phi) is 4.57. The van der Waals surface area contributed by atoms with Gasteiger partial charge in [-0.3, -0.25) is 10.1 Å². The first kappa shape index (κ1) is 15.3. The summed E-state index contributed by atoms with van der Waals surface area (Å²) in [4.78, 5) is 32.1. The predicted octanol–water partition coefficient (Wildman–Crippen LogP) is 1.37. The zero-order valence-electron chi connectivity index (χ0n) is 10.5. The number of carboxylic acid groups (broad SMARTS) is 1. The molecule has 1 rings (SSSR count). The van der Waals surface area contributed by atoms with E-state index in [9.17, 15) is 24.1 Å². The van der Waals surface area contributed by atoms with Crippen LogP contribution in [0.2, 0.25) is 0 Å². The zero-order chi connectivity index (χ0) is 15.4. The first-order valence-corrected chi connectivity index (χ1v) is 5.23. The van der Waals surface area contributed by atoms with Crippen molar-refractivity contribution in [2.45, 2.75) is 13.0 Å². The third-order valence-corrected chi connectivity index (χ3v) is 2.28. The van der Waals surface area contributed by atoms with Gasteiger partial charge in [0.1, 0.15) is 11.4 Å². The van der Waals surface area contributed by atoms with Gasteiger partial charge in [-0.1, -0.05) is 0 Å². The number of hydrogen-bond acceptors (Lipinski definition) is 6. The molecule has 1 aromatic carbocycles. The molecule has 0 radical (unpaired) electrons. The van der Waals surface area contributed by atoms with Gasteiger partial charge in [0.05, 0.1) is 18.1 Å². The minimum absolute atomic E-state index is 0.524. The van der Waals surface area contributed by atoms with Crippen LogP contribution in [0.25, 0.3) is 0 Å². The summed E-state index contributed by atoms with van der Waals surface area (Å²) in [5.41, 5.74) is -1.43. The molecular weight excluding hydrogens is 277 g/mol. The van der Waals surface area contributed by atoms with Crippen molar-refractivity contribution in [2.75, 3.05) is 7.11 Å². The normalized spacial score (nSPS) is 11.6. The van der Waals surface area contributed by atoms with Crippen LogP contribution in [0, 0.1) is 15.9 Å². The molecule has 0 aliphatic heterocycles. The molecule has 0 saturated carbocycles. The number of ether oxygens (including phenoxy) is 2. The van der Waals surface area contributed by atoms with Crippen LogP contribution in [0.4, 0.5) is 10.1 Å². The molecule has 0 heterocycles. The quantitative estimate of drug-likeness (QED) is 0.494. The fourth-order valence-electron chi connectivity index (χ4n) is 1.33. The SMILES string of the molecule is COC(=O)c1cc(F)cc([N+](=O)[O-])c1OC(C)C(=O)O. The number of carboxylic acids is 1. The van der Waals surface area contributed by atoms with Crippen LogP contribution in [0.3, 0.4) is 0 Å². The van der Waals surface area contributed by atoms with Crippen LogP contribution in [0.5, 0.6) is 5.75 Å². The Morgan fingerprint density at radius 3 is 2.50 bits per heavy atom. The average Bonchev–Trinajstić information content (AvgIpc) is 2.38. The number of nitro benzene ring substituents is 1. The maximum atomic E-state index is 13.3. The lowest BCUT2D eigenvalue weighted by Crippen LogP contribution is -2.24. The van der Waals surface area contributed by atoms with E-state index in [-0.39, 0.29) is 0 Å². The van der Waals surface area contributed by atoms with Crippen molar-refractivity contribution in [3.63, 3.8) is 0 Å². The Balaban J connectivity index is 3.45. The van der Waals surface area contributed by atoms with E-state index in [2.05, 4.69) is 4.74 Å². The van der Waals surface area contributed by atoms with Gasteiger partial charge in [-0.15, -0.1) is 0 Å². The lowest BCUT2D eigenvalue weighted by Gasteiger charge is -2.13. The second-order valence-corrected chi connectivity index (χ2v) is 3.65. The summed E-state index contributed by atoms with van der Waals surface area (Å²) in [7, 11) is 0.990. The van der Waals surface area contributed by atoms with Gasteiger partial charge in [0.2, 0.25) is 5.75 Å². The summed E-state index contributed by atoms with van der Waals surface area (Å²) in [6.45, 7) is 1.11. The molecule has 1 unspecified atom stereocenters. The zero-order valence-corrected chi connectivity index (χ0v) is 10.5. The predicted molar refractivity (Wildman–Crippen MR) is 62.1 cm³/mol. The van der Waals surface area contributed by atoms with Gasteiger partial charge in [-0.2, -0.15) is 0 Å². The maximum Gasteiger partial charge on any atom is 0.344 e. The monoisotopic (exact) mass is 287 g/mol. The number of benzene rings is 1. The maximum absolute atomic E-state index is 13.3. The molecule has 0 aromatic heterocycles. The topological polar surface area (TPSA) is 116 Å². The highest BCUT2D eigenvalue weighted by molar-refractivity contribution is 5.94. The molecule has 108 valence electrons.